The molecule has 0 saturated heterocycles. The predicted octanol–water partition coefficient (Wildman–Crippen LogP) is 4.70. The summed E-state index contributed by atoms with van der Waals surface area (Å²) < 4.78 is 7.66. The van der Waals surface area contributed by atoms with Gasteiger partial charge in [-0.1, -0.05) is 24.3 Å². The van der Waals surface area contributed by atoms with Gasteiger partial charge < -0.3 is 10.1 Å². The van der Waals surface area contributed by atoms with Gasteiger partial charge in [0, 0.05) is 29.0 Å². The topological polar surface area (TPSA) is 55.6 Å². The molecule has 2 heterocycles. The van der Waals surface area contributed by atoms with Crippen LogP contribution in [0.5, 0.6) is 5.75 Å². The Kier molecular flexibility index (Phi) is 4.64. The van der Waals surface area contributed by atoms with Gasteiger partial charge in [-0.05, 0) is 43.2 Å². The average Bonchev–Trinajstić information content (AvgIpc) is 3.25. The van der Waals surface area contributed by atoms with Crippen LogP contribution in [0.4, 0.5) is 5.69 Å². The highest BCUT2D eigenvalue weighted by Gasteiger charge is 2.09. The maximum atomic E-state index is 12.3. The molecule has 136 valence electrons. The van der Waals surface area contributed by atoms with Gasteiger partial charge in [-0.25, -0.2) is 4.98 Å². The van der Waals surface area contributed by atoms with Crippen molar-refractivity contribution in [3.05, 3.63) is 71.4 Å². The van der Waals surface area contributed by atoms with Crippen LogP contribution in [0.3, 0.4) is 0 Å². The van der Waals surface area contributed by atoms with Crippen molar-refractivity contribution in [2.45, 2.75) is 13.8 Å². The van der Waals surface area contributed by atoms with Gasteiger partial charge in [0.15, 0.2) is 11.6 Å². The molecule has 0 saturated carbocycles. The molecule has 0 fully saturated rings. The number of thiazole rings is 1. The average molecular weight is 377 g/mol. The van der Waals surface area contributed by atoms with E-state index in [1.807, 2.05) is 78.5 Å². The van der Waals surface area contributed by atoms with Crippen LogP contribution >= 0.6 is 11.3 Å². The Bertz CT molecular complexity index is 1090. The number of amides is 1. The van der Waals surface area contributed by atoms with Crippen molar-refractivity contribution in [3.63, 3.8) is 0 Å². The van der Waals surface area contributed by atoms with Crippen molar-refractivity contribution in [2.75, 3.05) is 11.9 Å². The van der Waals surface area contributed by atoms with Crippen molar-refractivity contribution < 1.29 is 9.53 Å². The Labute approximate surface area is 161 Å². The summed E-state index contributed by atoms with van der Waals surface area (Å²) in [7, 11) is 0. The standard InChI is InChI=1S/C21H19N3O2S/c1-14-6-7-15(2)19(10-14)26-13-20(25)22-17-5-3-4-16(11-17)18-12-24-8-9-27-21(24)23-18/h3-12H,13H2,1-2H3,(H,22,25). The minimum Gasteiger partial charge on any atom is -0.483 e. The summed E-state index contributed by atoms with van der Waals surface area (Å²) in [4.78, 5) is 17.8. The Balaban J connectivity index is 1.44. The van der Waals surface area contributed by atoms with E-state index in [2.05, 4.69) is 10.3 Å². The number of hydrogen-bond acceptors (Lipinski definition) is 4. The Hall–Kier alpha value is -3.12. The molecule has 1 amide bonds. The van der Waals surface area contributed by atoms with Crippen LogP contribution in [0.2, 0.25) is 0 Å². The number of carbonyl (C=O) groups excluding carboxylic acids is 1. The van der Waals surface area contributed by atoms with E-state index in [0.717, 1.165) is 38.8 Å². The number of imidazole rings is 1. The molecule has 0 aliphatic heterocycles. The second-order valence-corrected chi connectivity index (χ2v) is 7.28. The first-order chi connectivity index (χ1) is 13.1. The molecule has 2 aromatic heterocycles. The van der Waals surface area contributed by atoms with Crippen molar-refractivity contribution in [1.82, 2.24) is 9.38 Å². The van der Waals surface area contributed by atoms with E-state index >= 15 is 0 Å². The van der Waals surface area contributed by atoms with E-state index in [1.54, 1.807) is 11.3 Å². The highest BCUT2D eigenvalue weighted by atomic mass is 32.1. The summed E-state index contributed by atoms with van der Waals surface area (Å²) in [6, 6.07) is 13.6. The van der Waals surface area contributed by atoms with E-state index in [1.165, 1.54) is 0 Å². The fourth-order valence-corrected chi connectivity index (χ4v) is 3.53. The van der Waals surface area contributed by atoms with Crippen LogP contribution < -0.4 is 10.1 Å². The lowest BCUT2D eigenvalue weighted by atomic mass is 10.1. The molecule has 1 N–H and O–H groups in total. The van der Waals surface area contributed by atoms with Gasteiger partial charge in [0.25, 0.3) is 5.91 Å². The second kappa shape index (κ2) is 7.25. The van der Waals surface area contributed by atoms with Crippen molar-refractivity contribution >= 4 is 27.9 Å². The Morgan fingerprint density at radius 2 is 2.11 bits per heavy atom. The smallest absolute Gasteiger partial charge is 0.262 e. The van der Waals surface area contributed by atoms with E-state index in [-0.39, 0.29) is 12.5 Å². The summed E-state index contributed by atoms with van der Waals surface area (Å²) in [5.74, 6) is 0.538. The van der Waals surface area contributed by atoms with Crippen molar-refractivity contribution in [3.8, 4) is 17.0 Å². The summed E-state index contributed by atoms with van der Waals surface area (Å²) in [6.07, 6.45) is 3.96. The Morgan fingerprint density at radius 1 is 1.22 bits per heavy atom. The molecule has 0 radical (unpaired) electrons. The van der Waals surface area contributed by atoms with Crippen molar-refractivity contribution in [2.24, 2.45) is 0 Å². The first-order valence-corrected chi connectivity index (χ1v) is 9.49. The highest BCUT2D eigenvalue weighted by molar-refractivity contribution is 7.15. The number of fused-ring (bicyclic) bond motifs is 1. The fraction of sp³-hybridized carbons (Fsp3) is 0.143. The number of anilines is 1. The summed E-state index contributed by atoms with van der Waals surface area (Å²) >= 11 is 1.59. The van der Waals surface area contributed by atoms with Crippen LogP contribution in [-0.2, 0) is 4.79 Å². The van der Waals surface area contributed by atoms with Gasteiger partial charge in [0.2, 0.25) is 0 Å². The highest BCUT2D eigenvalue weighted by Crippen LogP contribution is 2.24. The number of nitrogens with zero attached hydrogens (tertiary/aromatic N) is 2. The van der Waals surface area contributed by atoms with E-state index in [9.17, 15) is 4.79 Å². The van der Waals surface area contributed by atoms with Gasteiger partial charge in [0.05, 0.1) is 5.69 Å². The minimum absolute atomic E-state index is 0.0330. The minimum atomic E-state index is -0.195. The molecule has 0 spiro atoms. The third-order valence-corrected chi connectivity index (χ3v) is 5.01. The quantitative estimate of drug-likeness (QED) is 0.549. The zero-order valence-electron chi connectivity index (χ0n) is 15.1. The molecule has 27 heavy (non-hydrogen) atoms. The number of ether oxygens (including phenoxy) is 1. The number of rotatable bonds is 5. The Morgan fingerprint density at radius 3 is 2.96 bits per heavy atom. The molecule has 4 rings (SSSR count). The molecule has 5 nitrogen and oxygen atoms in total. The lowest BCUT2D eigenvalue weighted by Gasteiger charge is -2.11. The first kappa shape index (κ1) is 17.3. The lowest BCUT2D eigenvalue weighted by molar-refractivity contribution is -0.118. The zero-order valence-corrected chi connectivity index (χ0v) is 15.9. The molecule has 6 heteroatoms. The molecule has 0 aliphatic rings. The molecule has 2 aromatic carbocycles. The second-order valence-electron chi connectivity index (χ2n) is 6.41. The fourth-order valence-electron chi connectivity index (χ4n) is 2.83. The first-order valence-electron chi connectivity index (χ1n) is 8.61. The number of benzene rings is 2. The molecule has 0 atom stereocenters. The van der Waals surface area contributed by atoms with Crippen LogP contribution in [0.1, 0.15) is 11.1 Å². The van der Waals surface area contributed by atoms with Gasteiger partial charge >= 0.3 is 0 Å². The monoisotopic (exact) mass is 377 g/mol. The van der Waals surface area contributed by atoms with Gasteiger partial charge in [-0.2, -0.15) is 0 Å². The van der Waals surface area contributed by atoms with E-state index in [4.69, 9.17) is 4.74 Å². The van der Waals surface area contributed by atoms with E-state index < -0.39 is 0 Å². The maximum absolute atomic E-state index is 12.3. The van der Waals surface area contributed by atoms with Crippen molar-refractivity contribution in [1.29, 1.82) is 0 Å². The SMILES string of the molecule is Cc1ccc(C)c(OCC(=O)Nc2cccc(-c3cn4ccsc4n3)c2)c1. The van der Waals surface area contributed by atoms with Gasteiger partial charge in [0.1, 0.15) is 5.75 Å². The largest absolute Gasteiger partial charge is 0.483 e. The van der Waals surface area contributed by atoms with Crippen LogP contribution in [0, 0.1) is 13.8 Å². The number of nitrogens with one attached hydrogen (secondary N) is 1. The van der Waals surface area contributed by atoms with Gasteiger partial charge in [-0.3, -0.25) is 9.20 Å². The predicted molar refractivity (Wildman–Crippen MR) is 109 cm³/mol. The third kappa shape index (κ3) is 3.85. The maximum Gasteiger partial charge on any atom is 0.262 e. The number of hydrogen-bond donors (Lipinski definition) is 1. The van der Waals surface area contributed by atoms with Crippen LogP contribution in [0.15, 0.2) is 60.2 Å². The molecule has 0 aliphatic carbocycles. The summed E-state index contributed by atoms with van der Waals surface area (Å²) in [5.41, 5.74) is 4.67. The van der Waals surface area contributed by atoms with Gasteiger partial charge in [-0.15, -0.1) is 11.3 Å². The molecule has 4 aromatic rings. The molecule has 0 bridgehead atoms. The number of aryl methyl sites for hydroxylation is 2. The number of carbonyl (C=O) groups is 1. The third-order valence-electron chi connectivity index (χ3n) is 4.24. The summed E-state index contributed by atoms with van der Waals surface area (Å²) in [5, 5.41) is 4.89. The van der Waals surface area contributed by atoms with Crippen LogP contribution in [0.25, 0.3) is 16.2 Å². The van der Waals surface area contributed by atoms with E-state index in [0.29, 0.717) is 0 Å². The van der Waals surface area contributed by atoms with Crippen LogP contribution in [-0.4, -0.2) is 21.9 Å². The molecular weight excluding hydrogens is 358 g/mol. The normalized spacial score (nSPS) is 10.9. The zero-order chi connectivity index (χ0) is 18.8. The molecule has 0 unspecified atom stereocenters. The number of aromatic nitrogens is 2. The lowest BCUT2D eigenvalue weighted by Crippen LogP contribution is -2.20. The molecular formula is C21H19N3O2S. The summed E-state index contributed by atoms with van der Waals surface area (Å²) in [6.45, 7) is 3.93.